The highest BCUT2D eigenvalue weighted by atomic mass is 16.5. The standard InChI is InChI=1S/C13H17NO3/c1-10(11-6-4-3-5-7-11)8-13(16)17-9-12(15)14-2/h3-7,10H,8-9H2,1-2H3,(H,14,15). The van der Waals surface area contributed by atoms with E-state index in [0.717, 1.165) is 5.56 Å². The number of hydrogen-bond acceptors (Lipinski definition) is 3. The quantitative estimate of drug-likeness (QED) is 0.786. The van der Waals surface area contributed by atoms with E-state index in [1.165, 1.54) is 7.05 Å². The van der Waals surface area contributed by atoms with Gasteiger partial charge in [0, 0.05) is 7.05 Å². The molecule has 0 aliphatic heterocycles. The zero-order valence-electron chi connectivity index (χ0n) is 10.1. The Morgan fingerprint density at radius 1 is 1.29 bits per heavy atom. The lowest BCUT2D eigenvalue weighted by Crippen LogP contribution is -2.25. The fraction of sp³-hybridized carbons (Fsp3) is 0.385. The minimum atomic E-state index is -0.357. The van der Waals surface area contributed by atoms with Gasteiger partial charge in [0.05, 0.1) is 6.42 Å². The van der Waals surface area contributed by atoms with Crippen molar-refractivity contribution in [2.45, 2.75) is 19.3 Å². The van der Waals surface area contributed by atoms with Crippen LogP contribution < -0.4 is 5.32 Å². The molecule has 1 unspecified atom stereocenters. The molecule has 1 N–H and O–H groups in total. The maximum Gasteiger partial charge on any atom is 0.306 e. The molecule has 0 saturated heterocycles. The summed E-state index contributed by atoms with van der Waals surface area (Å²) in [4.78, 5) is 22.3. The number of carbonyl (C=O) groups excluding carboxylic acids is 2. The van der Waals surface area contributed by atoms with Crippen molar-refractivity contribution in [3.8, 4) is 0 Å². The predicted octanol–water partition coefficient (Wildman–Crippen LogP) is 1.47. The summed E-state index contributed by atoms with van der Waals surface area (Å²) < 4.78 is 4.84. The van der Waals surface area contributed by atoms with Crippen molar-refractivity contribution in [3.63, 3.8) is 0 Å². The van der Waals surface area contributed by atoms with Crippen molar-refractivity contribution in [1.29, 1.82) is 0 Å². The summed E-state index contributed by atoms with van der Waals surface area (Å²) in [6.45, 7) is 1.74. The zero-order chi connectivity index (χ0) is 12.7. The third kappa shape index (κ3) is 4.68. The lowest BCUT2D eigenvalue weighted by molar-refractivity contribution is -0.148. The van der Waals surface area contributed by atoms with E-state index >= 15 is 0 Å². The van der Waals surface area contributed by atoms with Gasteiger partial charge in [-0.1, -0.05) is 37.3 Å². The Hall–Kier alpha value is -1.84. The average molecular weight is 235 g/mol. The minimum absolute atomic E-state index is 0.0911. The number of amides is 1. The molecule has 0 aromatic heterocycles. The van der Waals surface area contributed by atoms with Crippen LogP contribution in [0.5, 0.6) is 0 Å². The van der Waals surface area contributed by atoms with E-state index in [0.29, 0.717) is 0 Å². The Labute approximate surface area is 101 Å². The van der Waals surface area contributed by atoms with Gasteiger partial charge >= 0.3 is 5.97 Å². The molecule has 0 bridgehead atoms. The summed E-state index contributed by atoms with van der Waals surface area (Å²) >= 11 is 0. The summed E-state index contributed by atoms with van der Waals surface area (Å²) in [6.07, 6.45) is 0.279. The highest BCUT2D eigenvalue weighted by molar-refractivity contribution is 5.80. The molecule has 1 aromatic carbocycles. The van der Waals surface area contributed by atoms with E-state index in [1.807, 2.05) is 37.3 Å². The Morgan fingerprint density at radius 2 is 1.94 bits per heavy atom. The van der Waals surface area contributed by atoms with E-state index in [2.05, 4.69) is 5.32 Å². The maximum absolute atomic E-state index is 11.4. The van der Waals surface area contributed by atoms with Crippen LogP contribution in [-0.4, -0.2) is 25.5 Å². The second kappa shape index (κ2) is 6.68. The molecule has 1 atom stereocenters. The molecule has 0 heterocycles. The molecule has 17 heavy (non-hydrogen) atoms. The molecule has 0 saturated carbocycles. The average Bonchev–Trinajstić information content (AvgIpc) is 2.36. The largest absolute Gasteiger partial charge is 0.456 e. The Morgan fingerprint density at radius 3 is 2.53 bits per heavy atom. The van der Waals surface area contributed by atoms with E-state index in [9.17, 15) is 9.59 Å². The van der Waals surface area contributed by atoms with Crippen molar-refractivity contribution in [1.82, 2.24) is 5.32 Å². The van der Waals surface area contributed by atoms with Crippen LogP contribution in [0.1, 0.15) is 24.8 Å². The van der Waals surface area contributed by atoms with Crippen molar-refractivity contribution in [2.24, 2.45) is 0 Å². The Balaban J connectivity index is 2.39. The first-order valence-corrected chi connectivity index (χ1v) is 5.54. The van der Waals surface area contributed by atoms with Gasteiger partial charge < -0.3 is 10.1 Å². The van der Waals surface area contributed by atoms with E-state index < -0.39 is 0 Å². The van der Waals surface area contributed by atoms with Gasteiger partial charge in [0.15, 0.2) is 6.61 Å². The second-order valence-corrected chi connectivity index (χ2v) is 3.85. The highest BCUT2D eigenvalue weighted by Gasteiger charge is 2.12. The Bertz CT molecular complexity index is 376. The lowest BCUT2D eigenvalue weighted by atomic mass is 9.98. The third-order valence-electron chi connectivity index (χ3n) is 2.48. The molecule has 0 aliphatic rings. The fourth-order valence-corrected chi connectivity index (χ4v) is 1.43. The fourth-order valence-electron chi connectivity index (χ4n) is 1.43. The molecule has 0 fully saturated rings. The number of carbonyl (C=O) groups is 2. The normalized spacial score (nSPS) is 11.6. The lowest BCUT2D eigenvalue weighted by Gasteiger charge is -2.11. The second-order valence-electron chi connectivity index (χ2n) is 3.85. The molecular weight excluding hydrogens is 218 g/mol. The first kappa shape index (κ1) is 13.2. The monoisotopic (exact) mass is 235 g/mol. The van der Waals surface area contributed by atoms with Gasteiger partial charge in [-0.25, -0.2) is 0 Å². The van der Waals surface area contributed by atoms with Crippen molar-refractivity contribution in [3.05, 3.63) is 35.9 Å². The molecule has 0 aliphatic carbocycles. The van der Waals surface area contributed by atoms with Crippen molar-refractivity contribution < 1.29 is 14.3 Å². The summed E-state index contributed by atoms with van der Waals surface area (Å²) in [5.74, 6) is -0.566. The highest BCUT2D eigenvalue weighted by Crippen LogP contribution is 2.18. The van der Waals surface area contributed by atoms with Gasteiger partial charge in [0.1, 0.15) is 0 Å². The maximum atomic E-state index is 11.4. The summed E-state index contributed by atoms with van der Waals surface area (Å²) in [7, 11) is 1.50. The van der Waals surface area contributed by atoms with Gasteiger partial charge in [-0.15, -0.1) is 0 Å². The topological polar surface area (TPSA) is 55.4 Å². The van der Waals surface area contributed by atoms with Crippen LogP contribution in [-0.2, 0) is 14.3 Å². The number of ether oxygens (including phenoxy) is 1. The third-order valence-corrected chi connectivity index (χ3v) is 2.48. The van der Waals surface area contributed by atoms with E-state index in [-0.39, 0.29) is 30.8 Å². The van der Waals surface area contributed by atoms with Crippen LogP contribution in [0.4, 0.5) is 0 Å². The van der Waals surface area contributed by atoms with Crippen LogP contribution in [0.2, 0.25) is 0 Å². The molecule has 4 heteroatoms. The molecular formula is C13H17NO3. The summed E-state index contributed by atoms with van der Waals surface area (Å²) in [5, 5.41) is 2.39. The molecule has 4 nitrogen and oxygen atoms in total. The van der Waals surface area contributed by atoms with Gasteiger partial charge in [0.2, 0.25) is 0 Å². The summed E-state index contributed by atoms with van der Waals surface area (Å²) in [5.41, 5.74) is 1.09. The van der Waals surface area contributed by atoms with E-state index in [4.69, 9.17) is 4.74 Å². The number of benzene rings is 1. The first-order valence-electron chi connectivity index (χ1n) is 5.54. The minimum Gasteiger partial charge on any atom is -0.456 e. The number of esters is 1. The van der Waals surface area contributed by atoms with Crippen LogP contribution in [0, 0.1) is 0 Å². The van der Waals surface area contributed by atoms with Crippen LogP contribution in [0.25, 0.3) is 0 Å². The smallest absolute Gasteiger partial charge is 0.306 e. The Kier molecular flexibility index (Phi) is 5.20. The van der Waals surface area contributed by atoms with Crippen molar-refractivity contribution >= 4 is 11.9 Å². The predicted molar refractivity (Wildman–Crippen MR) is 64.5 cm³/mol. The molecule has 0 radical (unpaired) electrons. The molecule has 1 aromatic rings. The molecule has 0 spiro atoms. The number of hydrogen-bond donors (Lipinski definition) is 1. The van der Waals surface area contributed by atoms with Crippen LogP contribution in [0.15, 0.2) is 30.3 Å². The van der Waals surface area contributed by atoms with Gasteiger partial charge in [0.25, 0.3) is 5.91 Å². The number of likely N-dealkylation sites (N-methyl/N-ethyl adjacent to an activating group) is 1. The SMILES string of the molecule is CNC(=O)COC(=O)CC(C)c1ccccc1. The zero-order valence-corrected chi connectivity index (χ0v) is 10.1. The van der Waals surface area contributed by atoms with E-state index in [1.54, 1.807) is 0 Å². The van der Waals surface area contributed by atoms with Crippen molar-refractivity contribution in [2.75, 3.05) is 13.7 Å². The number of nitrogens with one attached hydrogen (secondary N) is 1. The van der Waals surface area contributed by atoms with Gasteiger partial charge in [-0.2, -0.15) is 0 Å². The molecule has 92 valence electrons. The molecule has 1 amide bonds. The molecule has 1 rings (SSSR count). The first-order chi connectivity index (χ1) is 8.13. The van der Waals surface area contributed by atoms with Crippen LogP contribution in [0.3, 0.4) is 0 Å². The summed E-state index contributed by atoms with van der Waals surface area (Å²) in [6, 6.07) is 9.73. The van der Waals surface area contributed by atoms with Crippen LogP contribution >= 0.6 is 0 Å². The van der Waals surface area contributed by atoms with Gasteiger partial charge in [-0.3, -0.25) is 9.59 Å². The number of rotatable bonds is 5. The van der Waals surface area contributed by atoms with Gasteiger partial charge in [-0.05, 0) is 11.5 Å².